The van der Waals surface area contributed by atoms with E-state index in [0.717, 1.165) is 4.57 Å². The van der Waals surface area contributed by atoms with Crippen LogP contribution in [-0.4, -0.2) is 57.8 Å². The fourth-order valence-corrected chi connectivity index (χ4v) is 3.56. The average molecular weight is 424 g/mol. The van der Waals surface area contributed by atoms with E-state index in [2.05, 4.69) is 15.1 Å². The van der Waals surface area contributed by atoms with Crippen LogP contribution in [0.3, 0.4) is 0 Å². The quantitative estimate of drug-likeness (QED) is 0.649. The summed E-state index contributed by atoms with van der Waals surface area (Å²) >= 11 is 0. The number of fused-ring (bicyclic) bond motifs is 1. The maximum absolute atomic E-state index is 14.4. The van der Waals surface area contributed by atoms with E-state index in [1.54, 1.807) is 18.2 Å². The van der Waals surface area contributed by atoms with Gasteiger partial charge in [0.05, 0.1) is 29.2 Å². The Morgan fingerprint density at radius 2 is 2.13 bits per heavy atom. The highest BCUT2D eigenvalue weighted by atomic mass is 19.4. The fraction of sp³-hybridized carbons (Fsp3) is 0.421. The van der Waals surface area contributed by atoms with Crippen molar-refractivity contribution < 1.29 is 22.1 Å². The molecule has 4 rings (SSSR count). The molecule has 0 bridgehead atoms. The van der Waals surface area contributed by atoms with Gasteiger partial charge in [-0.1, -0.05) is 11.2 Å². The van der Waals surface area contributed by atoms with Crippen molar-refractivity contribution in [3.05, 3.63) is 30.2 Å². The van der Waals surface area contributed by atoms with Gasteiger partial charge in [0.25, 0.3) is 0 Å². The second-order valence-electron chi connectivity index (χ2n) is 7.24. The molecule has 7 nitrogen and oxygen atoms in total. The van der Waals surface area contributed by atoms with Crippen LogP contribution >= 0.6 is 0 Å². The van der Waals surface area contributed by atoms with Gasteiger partial charge in [-0.15, -0.1) is 0 Å². The number of hydrogen-bond acceptors (Lipinski definition) is 6. The summed E-state index contributed by atoms with van der Waals surface area (Å²) in [7, 11) is 1.83. The molecule has 3 aromatic rings. The Bertz CT molecular complexity index is 1090. The van der Waals surface area contributed by atoms with Gasteiger partial charge in [-0.2, -0.15) is 18.2 Å². The van der Waals surface area contributed by atoms with Crippen molar-refractivity contribution in [2.75, 3.05) is 20.1 Å². The zero-order valence-electron chi connectivity index (χ0n) is 16.2. The number of aliphatic imine (C=N–C) groups is 1. The van der Waals surface area contributed by atoms with Crippen LogP contribution in [0.5, 0.6) is 0 Å². The van der Waals surface area contributed by atoms with E-state index in [0.29, 0.717) is 35.3 Å². The number of alkyl halides is 4. The molecule has 1 aromatic carbocycles. The lowest BCUT2D eigenvalue weighted by atomic mass is 10.1. The van der Waals surface area contributed by atoms with Gasteiger partial charge < -0.3 is 19.7 Å². The summed E-state index contributed by atoms with van der Waals surface area (Å²) in [6.07, 6.45) is -5.24. The van der Waals surface area contributed by atoms with Crippen LogP contribution in [0.4, 0.5) is 23.2 Å². The number of nitrogens with two attached hydrogens (primary N) is 1. The monoisotopic (exact) mass is 424 g/mol. The summed E-state index contributed by atoms with van der Waals surface area (Å²) in [5.74, 6) is 0.109. The second kappa shape index (κ2) is 7.80. The zero-order chi connectivity index (χ0) is 21.5. The summed E-state index contributed by atoms with van der Waals surface area (Å²) in [6, 6.07) is 6.33. The van der Waals surface area contributed by atoms with E-state index < -0.39 is 18.9 Å². The molecule has 0 amide bonds. The van der Waals surface area contributed by atoms with Crippen molar-refractivity contribution in [3.63, 3.8) is 0 Å². The van der Waals surface area contributed by atoms with E-state index in [4.69, 9.17) is 10.3 Å². The van der Waals surface area contributed by atoms with Crippen LogP contribution in [0.15, 0.2) is 33.8 Å². The van der Waals surface area contributed by atoms with Crippen LogP contribution in [0, 0.1) is 0 Å². The molecule has 3 heterocycles. The number of aromatic nitrogens is 3. The van der Waals surface area contributed by atoms with Gasteiger partial charge in [0.2, 0.25) is 11.7 Å². The molecular weight excluding hydrogens is 404 g/mol. The van der Waals surface area contributed by atoms with Crippen LogP contribution in [0.2, 0.25) is 0 Å². The highest BCUT2D eigenvalue weighted by Gasteiger charge is 2.31. The third-order valence-corrected chi connectivity index (χ3v) is 4.98. The normalized spacial score (nSPS) is 19.8. The predicted molar refractivity (Wildman–Crippen MR) is 103 cm³/mol. The first kappa shape index (κ1) is 20.5. The van der Waals surface area contributed by atoms with E-state index in [1.807, 2.05) is 11.9 Å². The molecule has 160 valence electrons. The standard InChI is InChI=1S/C19H20F4N6O/c1-28-6-5-14(12(20)9-28)25-13-3-2-4-15-11(13)7-16(29(15)10-19(21,22)23)18-26-17(8-24)30-27-18/h2-4,7,12H,5-6,8-10,24H2,1H3/b25-14+/t12-/m0/s1. The SMILES string of the molecule is CN1CC/C(=N\c2cccc3c2cc(-c2noc(CN)n2)n3CC(F)(F)F)[C@@H](F)C1. The predicted octanol–water partition coefficient (Wildman–Crippen LogP) is 3.46. The van der Waals surface area contributed by atoms with Crippen molar-refractivity contribution in [1.82, 2.24) is 19.6 Å². The Labute approximate surface area is 169 Å². The summed E-state index contributed by atoms with van der Waals surface area (Å²) in [6.45, 7) is -0.368. The Hall–Kier alpha value is -2.79. The number of piperidine rings is 1. The lowest BCUT2D eigenvalue weighted by molar-refractivity contribution is -0.139. The number of likely N-dealkylation sites (tertiary alicyclic amines) is 1. The van der Waals surface area contributed by atoms with Crippen molar-refractivity contribution in [2.24, 2.45) is 10.7 Å². The zero-order valence-corrected chi connectivity index (χ0v) is 16.2. The highest BCUT2D eigenvalue weighted by Crippen LogP contribution is 2.35. The van der Waals surface area contributed by atoms with Gasteiger partial charge in [-0.25, -0.2) is 4.39 Å². The number of halogens is 4. The van der Waals surface area contributed by atoms with Gasteiger partial charge in [-0.05, 0) is 25.2 Å². The first-order valence-electron chi connectivity index (χ1n) is 9.37. The van der Waals surface area contributed by atoms with Gasteiger partial charge in [0.15, 0.2) is 6.17 Å². The second-order valence-corrected chi connectivity index (χ2v) is 7.24. The van der Waals surface area contributed by atoms with Crippen LogP contribution in [0.1, 0.15) is 12.3 Å². The minimum Gasteiger partial charge on any atom is -0.338 e. The minimum absolute atomic E-state index is 0.00263. The molecule has 0 aliphatic carbocycles. The van der Waals surface area contributed by atoms with Crippen LogP contribution in [-0.2, 0) is 13.1 Å². The molecule has 2 N–H and O–H groups in total. The molecule has 30 heavy (non-hydrogen) atoms. The van der Waals surface area contributed by atoms with E-state index in [-0.39, 0.29) is 30.5 Å². The average Bonchev–Trinajstić information content (AvgIpc) is 3.28. The van der Waals surface area contributed by atoms with E-state index in [1.165, 1.54) is 6.07 Å². The largest absolute Gasteiger partial charge is 0.406 e. The molecule has 0 radical (unpaired) electrons. The summed E-state index contributed by atoms with van der Waals surface area (Å²) in [4.78, 5) is 10.4. The van der Waals surface area contributed by atoms with Crippen molar-refractivity contribution in [2.45, 2.75) is 31.9 Å². The lowest BCUT2D eigenvalue weighted by Crippen LogP contribution is -2.39. The molecule has 11 heteroatoms. The minimum atomic E-state index is -4.47. The summed E-state index contributed by atoms with van der Waals surface area (Å²) in [5.41, 5.74) is 6.68. The van der Waals surface area contributed by atoms with Gasteiger partial charge in [0.1, 0.15) is 6.54 Å². The topological polar surface area (TPSA) is 85.5 Å². The van der Waals surface area contributed by atoms with Crippen molar-refractivity contribution in [3.8, 4) is 11.5 Å². The Morgan fingerprint density at radius 3 is 2.80 bits per heavy atom. The van der Waals surface area contributed by atoms with Crippen LogP contribution in [0.25, 0.3) is 22.4 Å². The van der Waals surface area contributed by atoms with E-state index in [9.17, 15) is 17.6 Å². The molecule has 1 atom stereocenters. The Morgan fingerprint density at radius 1 is 1.33 bits per heavy atom. The highest BCUT2D eigenvalue weighted by molar-refractivity contribution is 5.99. The number of benzene rings is 1. The number of nitrogens with zero attached hydrogens (tertiary/aromatic N) is 5. The maximum atomic E-state index is 14.4. The smallest absolute Gasteiger partial charge is 0.338 e. The summed E-state index contributed by atoms with van der Waals surface area (Å²) in [5, 5.41) is 4.21. The molecule has 1 aliphatic rings. The van der Waals surface area contributed by atoms with Crippen molar-refractivity contribution in [1.29, 1.82) is 0 Å². The lowest BCUT2D eigenvalue weighted by Gasteiger charge is -2.26. The van der Waals surface area contributed by atoms with E-state index >= 15 is 0 Å². The molecular formula is C19H20F4N6O. The maximum Gasteiger partial charge on any atom is 0.406 e. The third-order valence-electron chi connectivity index (χ3n) is 4.98. The molecule has 0 unspecified atom stereocenters. The van der Waals surface area contributed by atoms with Crippen LogP contribution < -0.4 is 5.73 Å². The molecule has 2 aromatic heterocycles. The number of hydrogen-bond donors (Lipinski definition) is 1. The molecule has 1 saturated heterocycles. The van der Waals surface area contributed by atoms with Gasteiger partial charge >= 0.3 is 6.18 Å². The first-order chi connectivity index (χ1) is 14.2. The van der Waals surface area contributed by atoms with Crippen molar-refractivity contribution >= 4 is 22.3 Å². The fourth-order valence-electron chi connectivity index (χ4n) is 3.56. The third kappa shape index (κ3) is 4.08. The van der Waals surface area contributed by atoms with Gasteiger partial charge in [-0.3, -0.25) is 4.99 Å². The molecule has 0 saturated carbocycles. The molecule has 1 aliphatic heterocycles. The number of rotatable bonds is 4. The molecule has 0 spiro atoms. The Kier molecular flexibility index (Phi) is 5.33. The van der Waals surface area contributed by atoms with Gasteiger partial charge in [0, 0.05) is 24.9 Å². The summed E-state index contributed by atoms with van der Waals surface area (Å²) < 4.78 is 60.3. The first-order valence-corrected chi connectivity index (χ1v) is 9.37. The Balaban J connectivity index is 1.85. The molecule has 1 fully saturated rings.